The molecule has 1 aliphatic heterocycles. The third kappa shape index (κ3) is 5.90. The summed E-state index contributed by atoms with van der Waals surface area (Å²) in [4.78, 5) is 40.1. The highest BCUT2D eigenvalue weighted by molar-refractivity contribution is 7.10. The standard InChI is InChI=1S/C22H26N2O4S/c1-2-28-22(27)14-18(16-6-4-3-5-7-16)23-20(25)8-9-21(26)24-12-10-19-17(15-24)11-13-29-19/h3-7,11,13,18H,2,8-10,12,14-15H2,1H3,(H,23,25). The van der Waals surface area contributed by atoms with Gasteiger partial charge in [-0.3, -0.25) is 14.4 Å². The van der Waals surface area contributed by atoms with Crippen molar-refractivity contribution in [2.24, 2.45) is 0 Å². The molecule has 0 saturated carbocycles. The second kappa shape index (κ2) is 10.2. The van der Waals surface area contributed by atoms with E-state index in [2.05, 4.69) is 16.8 Å². The number of ether oxygens (including phenoxy) is 1. The first kappa shape index (κ1) is 21.0. The molecule has 0 radical (unpaired) electrons. The average molecular weight is 415 g/mol. The third-order valence-electron chi connectivity index (χ3n) is 4.94. The summed E-state index contributed by atoms with van der Waals surface area (Å²) in [5.41, 5.74) is 2.04. The van der Waals surface area contributed by atoms with Crippen LogP contribution in [0.15, 0.2) is 41.8 Å². The molecule has 29 heavy (non-hydrogen) atoms. The van der Waals surface area contributed by atoms with Gasteiger partial charge in [0.2, 0.25) is 11.8 Å². The topological polar surface area (TPSA) is 75.7 Å². The molecular formula is C22H26N2O4S. The number of esters is 1. The highest BCUT2D eigenvalue weighted by Gasteiger charge is 2.23. The van der Waals surface area contributed by atoms with Crippen molar-refractivity contribution in [3.8, 4) is 0 Å². The van der Waals surface area contributed by atoms with E-state index in [1.807, 2.05) is 35.2 Å². The second-order valence-corrected chi connectivity index (χ2v) is 7.97. The summed E-state index contributed by atoms with van der Waals surface area (Å²) >= 11 is 1.73. The zero-order valence-corrected chi connectivity index (χ0v) is 17.4. The number of hydrogen-bond donors (Lipinski definition) is 1. The van der Waals surface area contributed by atoms with Crippen molar-refractivity contribution in [2.75, 3.05) is 13.2 Å². The van der Waals surface area contributed by atoms with Crippen LogP contribution in [0, 0.1) is 0 Å². The molecular weight excluding hydrogens is 388 g/mol. The molecule has 0 bridgehead atoms. The Kier molecular flexibility index (Phi) is 7.41. The lowest BCUT2D eigenvalue weighted by atomic mass is 10.0. The molecule has 2 amide bonds. The van der Waals surface area contributed by atoms with Crippen LogP contribution in [0.1, 0.15) is 48.2 Å². The summed E-state index contributed by atoms with van der Waals surface area (Å²) in [5, 5.41) is 4.94. The Balaban J connectivity index is 1.53. The van der Waals surface area contributed by atoms with E-state index < -0.39 is 6.04 Å². The number of amides is 2. The summed E-state index contributed by atoms with van der Waals surface area (Å²) < 4.78 is 5.02. The summed E-state index contributed by atoms with van der Waals surface area (Å²) in [7, 11) is 0. The Morgan fingerprint density at radius 3 is 2.72 bits per heavy atom. The van der Waals surface area contributed by atoms with Crippen molar-refractivity contribution in [2.45, 2.75) is 45.2 Å². The maximum atomic E-state index is 12.5. The van der Waals surface area contributed by atoms with Gasteiger partial charge in [0.25, 0.3) is 0 Å². The Labute approximate surface area is 174 Å². The number of benzene rings is 1. The van der Waals surface area contributed by atoms with Crippen molar-refractivity contribution in [3.05, 3.63) is 57.8 Å². The molecule has 1 aliphatic rings. The molecule has 2 aromatic rings. The van der Waals surface area contributed by atoms with Crippen LogP contribution in [-0.4, -0.2) is 35.8 Å². The lowest BCUT2D eigenvalue weighted by Crippen LogP contribution is -2.36. The Bertz CT molecular complexity index is 850. The number of nitrogens with zero attached hydrogens (tertiary/aromatic N) is 1. The van der Waals surface area contributed by atoms with E-state index >= 15 is 0 Å². The van der Waals surface area contributed by atoms with Gasteiger partial charge in [0.1, 0.15) is 0 Å². The monoisotopic (exact) mass is 414 g/mol. The largest absolute Gasteiger partial charge is 0.466 e. The number of nitrogens with one attached hydrogen (secondary N) is 1. The van der Waals surface area contributed by atoms with E-state index in [4.69, 9.17) is 4.74 Å². The Morgan fingerprint density at radius 2 is 1.97 bits per heavy atom. The lowest BCUT2D eigenvalue weighted by Gasteiger charge is -2.27. The predicted octanol–water partition coefficient (Wildman–Crippen LogP) is 3.22. The van der Waals surface area contributed by atoms with Crippen LogP contribution in [0.25, 0.3) is 0 Å². The first-order valence-electron chi connectivity index (χ1n) is 9.89. The van der Waals surface area contributed by atoms with Gasteiger partial charge in [-0.1, -0.05) is 30.3 Å². The van der Waals surface area contributed by atoms with Crippen molar-refractivity contribution < 1.29 is 19.1 Å². The number of fused-ring (bicyclic) bond motifs is 1. The van der Waals surface area contributed by atoms with Gasteiger partial charge in [-0.25, -0.2) is 0 Å². The normalized spacial score (nSPS) is 14.0. The van der Waals surface area contributed by atoms with Crippen LogP contribution in [0.2, 0.25) is 0 Å². The van der Waals surface area contributed by atoms with Crippen LogP contribution < -0.4 is 5.32 Å². The minimum atomic E-state index is -0.471. The minimum Gasteiger partial charge on any atom is -0.466 e. The average Bonchev–Trinajstić information content (AvgIpc) is 3.20. The molecule has 1 atom stereocenters. The molecule has 0 aliphatic carbocycles. The summed E-state index contributed by atoms with van der Waals surface area (Å²) in [5.74, 6) is -0.624. The summed E-state index contributed by atoms with van der Waals surface area (Å²) in [6.07, 6.45) is 1.19. The molecule has 3 rings (SSSR count). The fraction of sp³-hybridized carbons (Fsp3) is 0.409. The number of carbonyl (C=O) groups excluding carboxylic acids is 3. The van der Waals surface area contributed by atoms with Crippen molar-refractivity contribution in [1.29, 1.82) is 0 Å². The van der Waals surface area contributed by atoms with Gasteiger partial charge in [0.05, 0.1) is 19.1 Å². The first-order chi connectivity index (χ1) is 14.1. The fourth-order valence-corrected chi connectivity index (χ4v) is 4.32. The smallest absolute Gasteiger partial charge is 0.308 e. The van der Waals surface area contributed by atoms with E-state index in [1.54, 1.807) is 18.3 Å². The Morgan fingerprint density at radius 1 is 1.17 bits per heavy atom. The van der Waals surface area contributed by atoms with Gasteiger partial charge in [0, 0.05) is 30.8 Å². The summed E-state index contributed by atoms with van der Waals surface area (Å²) in [6, 6.07) is 10.9. The minimum absolute atomic E-state index is 0.0151. The molecule has 1 unspecified atom stereocenters. The highest BCUT2D eigenvalue weighted by atomic mass is 32.1. The first-order valence-corrected chi connectivity index (χ1v) is 10.8. The van der Waals surface area contributed by atoms with Crippen LogP contribution in [0.5, 0.6) is 0 Å². The van der Waals surface area contributed by atoms with E-state index in [-0.39, 0.29) is 37.0 Å². The number of hydrogen-bond acceptors (Lipinski definition) is 5. The third-order valence-corrected chi connectivity index (χ3v) is 5.96. The molecule has 0 saturated heterocycles. The van der Waals surface area contributed by atoms with Crippen LogP contribution in [0.4, 0.5) is 0 Å². The van der Waals surface area contributed by atoms with Gasteiger partial charge >= 0.3 is 5.97 Å². The zero-order chi connectivity index (χ0) is 20.6. The fourth-order valence-electron chi connectivity index (χ4n) is 3.43. The van der Waals surface area contributed by atoms with Gasteiger partial charge in [0.15, 0.2) is 0 Å². The maximum Gasteiger partial charge on any atom is 0.308 e. The van der Waals surface area contributed by atoms with Crippen molar-refractivity contribution in [1.82, 2.24) is 10.2 Å². The predicted molar refractivity (Wildman–Crippen MR) is 111 cm³/mol. The number of thiophene rings is 1. The molecule has 1 aromatic heterocycles. The van der Waals surface area contributed by atoms with E-state index in [1.165, 1.54) is 10.4 Å². The SMILES string of the molecule is CCOC(=O)CC(NC(=O)CCC(=O)N1CCc2sccc2C1)c1ccccc1. The Hall–Kier alpha value is -2.67. The van der Waals surface area contributed by atoms with E-state index in [0.29, 0.717) is 19.7 Å². The van der Waals surface area contributed by atoms with E-state index in [0.717, 1.165) is 12.0 Å². The molecule has 0 spiro atoms. The highest BCUT2D eigenvalue weighted by Crippen LogP contribution is 2.24. The van der Waals surface area contributed by atoms with Gasteiger partial charge in [-0.05, 0) is 35.9 Å². The molecule has 0 fully saturated rings. The molecule has 6 nitrogen and oxygen atoms in total. The second-order valence-electron chi connectivity index (χ2n) is 6.97. The van der Waals surface area contributed by atoms with Gasteiger partial charge < -0.3 is 15.0 Å². The molecule has 154 valence electrons. The number of carbonyl (C=O) groups is 3. The molecule has 1 aromatic carbocycles. The van der Waals surface area contributed by atoms with Crippen LogP contribution >= 0.6 is 11.3 Å². The number of rotatable bonds is 8. The van der Waals surface area contributed by atoms with Crippen molar-refractivity contribution >= 4 is 29.1 Å². The maximum absolute atomic E-state index is 12.5. The van der Waals surface area contributed by atoms with Crippen molar-refractivity contribution in [3.63, 3.8) is 0 Å². The van der Waals surface area contributed by atoms with Gasteiger partial charge in [-0.2, -0.15) is 0 Å². The molecule has 7 heteroatoms. The summed E-state index contributed by atoms with van der Waals surface area (Å²) in [6.45, 7) is 3.36. The lowest BCUT2D eigenvalue weighted by molar-refractivity contribution is -0.144. The van der Waals surface area contributed by atoms with E-state index in [9.17, 15) is 14.4 Å². The molecule has 2 heterocycles. The quantitative estimate of drug-likeness (QED) is 0.673. The van der Waals surface area contributed by atoms with Crippen LogP contribution in [0.3, 0.4) is 0 Å². The van der Waals surface area contributed by atoms with Gasteiger partial charge in [-0.15, -0.1) is 11.3 Å². The zero-order valence-electron chi connectivity index (χ0n) is 16.6. The van der Waals surface area contributed by atoms with Crippen LogP contribution in [-0.2, 0) is 32.1 Å². The molecule has 1 N–H and O–H groups in total.